The van der Waals surface area contributed by atoms with Crippen molar-refractivity contribution in [2.45, 2.75) is 62.9 Å². The lowest BCUT2D eigenvalue weighted by atomic mass is 9.91. The number of piperidine rings is 1. The Balaban J connectivity index is 1.35. The topological polar surface area (TPSA) is 94.8 Å². The van der Waals surface area contributed by atoms with Crippen LogP contribution in [0.1, 0.15) is 44.4 Å². The van der Waals surface area contributed by atoms with Crippen molar-refractivity contribution in [2.24, 2.45) is 0 Å². The Hall–Kier alpha value is -2.30. The molecule has 3 saturated heterocycles. The van der Waals surface area contributed by atoms with E-state index in [4.69, 9.17) is 25.8 Å². The molecule has 0 spiro atoms. The molecule has 3 fully saturated rings. The number of aliphatic hydroxyl groups is 1. The summed E-state index contributed by atoms with van der Waals surface area (Å²) < 4.78 is 20.1. The summed E-state index contributed by atoms with van der Waals surface area (Å²) in [5.41, 5.74) is 2.58. The Morgan fingerprint density at radius 2 is 1.94 bits per heavy atom. The largest absolute Gasteiger partial charge is 0.394 e. The third-order valence-electron chi connectivity index (χ3n) is 6.95. The first-order chi connectivity index (χ1) is 16.4. The van der Waals surface area contributed by atoms with Gasteiger partial charge in [0.2, 0.25) is 5.28 Å². The lowest BCUT2D eigenvalue weighted by Gasteiger charge is -2.34. The molecular formula is C24H28ClN5O4. The molecule has 0 amide bonds. The fourth-order valence-corrected chi connectivity index (χ4v) is 5.64. The van der Waals surface area contributed by atoms with Crippen molar-refractivity contribution in [2.75, 3.05) is 24.6 Å². The molecule has 2 aromatic heterocycles. The molecule has 10 heteroatoms. The van der Waals surface area contributed by atoms with Crippen LogP contribution in [0.3, 0.4) is 0 Å². The van der Waals surface area contributed by atoms with Crippen molar-refractivity contribution in [3.63, 3.8) is 0 Å². The molecule has 9 nitrogen and oxygen atoms in total. The van der Waals surface area contributed by atoms with Gasteiger partial charge in [0.05, 0.1) is 12.9 Å². The van der Waals surface area contributed by atoms with Crippen molar-refractivity contribution in [1.29, 1.82) is 0 Å². The van der Waals surface area contributed by atoms with Crippen LogP contribution in [0.4, 0.5) is 5.82 Å². The average molecular weight is 486 g/mol. The smallest absolute Gasteiger partial charge is 0.226 e. The molecule has 180 valence electrons. The van der Waals surface area contributed by atoms with Gasteiger partial charge >= 0.3 is 0 Å². The number of nitrogens with zero attached hydrogens (tertiary/aromatic N) is 5. The Labute approximate surface area is 202 Å². The van der Waals surface area contributed by atoms with Gasteiger partial charge in [0.15, 0.2) is 29.0 Å². The van der Waals surface area contributed by atoms with Gasteiger partial charge in [0.25, 0.3) is 0 Å². The van der Waals surface area contributed by atoms with Crippen LogP contribution in [-0.4, -0.2) is 68.4 Å². The number of aromatic nitrogens is 4. The minimum atomic E-state index is -0.765. The van der Waals surface area contributed by atoms with Gasteiger partial charge in [-0.2, -0.15) is 9.97 Å². The zero-order valence-corrected chi connectivity index (χ0v) is 19.9. The highest BCUT2D eigenvalue weighted by atomic mass is 35.5. The second-order valence-corrected chi connectivity index (χ2v) is 9.99. The lowest BCUT2D eigenvalue weighted by Crippen LogP contribution is -2.35. The van der Waals surface area contributed by atoms with E-state index >= 15 is 0 Å². The Kier molecular flexibility index (Phi) is 5.50. The summed E-state index contributed by atoms with van der Waals surface area (Å²) in [5, 5.41) is 10.0. The van der Waals surface area contributed by atoms with Crippen LogP contribution < -0.4 is 4.90 Å². The van der Waals surface area contributed by atoms with Gasteiger partial charge in [-0.25, -0.2) is 4.98 Å². The second kappa shape index (κ2) is 8.42. The van der Waals surface area contributed by atoms with Crippen LogP contribution in [-0.2, 0) is 14.2 Å². The van der Waals surface area contributed by atoms with Crippen LogP contribution in [0, 0.1) is 0 Å². The van der Waals surface area contributed by atoms with Crippen molar-refractivity contribution in [1.82, 2.24) is 19.5 Å². The molecule has 3 aliphatic heterocycles. The maximum absolute atomic E-state index is 9.85. The van der Waals surface area contributed by atoms with E-state index in [1.807, 2.05) is 24.5 Å². The molecule has 3 aromatic rings. The average Bonchev–Trinajstić information content (AvgIpc) is 3.49. The fraction of sp³-hybridized carbons (Fsp3) is 0.542. The number of hydrogen-bond acceptors (Lipinski definition) is 8. The van der Waals surface area contributed by atoms with Gasteiger partial charge in [0, 0.05) is 19.0 Å². The highest BCUT2D eigenvalue weighted by Gasteiger charge is 2.56. The molecule has 0 radical (unpaired) electrons. The minimum Gasteiger partial charge on any atom is -0.394 e. The first-order valence-electron chi connectivity index (χ1n) is 11.8. The van der Waals surface area contributed by atoms with E-state index in [2.05, 4.69) is 44.1 Å². The SMILES string of the molecule is CC1(C)OC2C(O1)[C@@H](CO)O[C@H]2n1cnc2c(N3CCCC(c4ccccc4)C3)nc(Cl)nc21. The van der Waals surface area contributed by atoms with Crippen molar-refractivity contribution in [3.05, 3.63) is 47.5 Å². The predicted octanol–water partition coefficient (Wildman–Crippen LogP) is 3.27. The zero-order chi connectivity index (χ0) is 23.4. The maximum Gasteiger partial charge on any atom is 0.226 e. The van der Waals surface area contributed by atoms with Gasteiger partial charge < -0.3 is 24.2 Å². The van der Waals surface area contributed by atoms with E-state index in [9.17, 15) is 5.11 Å². The number of aliphatic hydroxyl groups excluding tert-OH is 1. The Bertz CT molecular complexity index is 1190. The maximum atomic E-state index is 9.85. The number of anilines is 1. The molecule has 5 heterocycles. The van der Waals surface area contributed by atoms with E-state index in [0.717, 1.165) is 31.7 Å². The van der Waals surface area contributed by atoms with Crippen molar-refractivity contribution in [3.8, 4) is 0 Å². The molecule has 0 saturated carbocycles. The number of halogens is 1. The molecule has 3 unspecified atom stereocenters. The number of fused-ring (bicyclic) bond motifs is 2. The van der Waals surface area contributed by atoms with Crippen molar-refractivity contribution < 1.29 is 19.3 Å². The summed E-state index contributed by atoms with van der Waals surface area (Å²) >= 11 is 6.42. The van der Waals surface area contributed by atoms with Gasteiger partial charge in [0.1, 0.15) is 18.3 Å². The summed E-state index contributed by atoms with van der Waals surface area (Å²) in [5.74, 6) is 0.377. The number of benzene rings is 1. The van der Waals surface area contributed by atoms with E-state index in [0.29, 0.717) is 17.1 Å². The van der Waals surface area contributed by atoms with Gasteiger partial charge in [-0.15, -0.1) is 0 Å². The first kappa shape index (κ1) is 22.2. The summed E-state index contributed by atoms with van der Waals surface area (Å²) in [6.45, 7) is 5.26. The number of imidazole rings is 1. The monoisotopic (exact) mass is 485 g/mol. The quantitative estimate of drug-likeness (QED) is 0.563. The third-order valence-corrected chi connectivity index (χ3v) is 7.12. The number of ether oxygens (including phenoxy) is 3. The Morgan fingerprint density at radius 1 is 1.15 bits per heavy atom. The Morgan fingerprint density at radius 3 is 2.74 bits per heavy atom. The normalized spacial score (nSPS) is 30.7. The molecular weight excluding hydrogens is 458 g/mol. The van der Waals surface area contributed by atoms with E-state index < -0.39 is 24.2 Å². The standard InChI is InChI=1S/C24H28ClN5O4/c1-24(2)33-18-16(12-31)32-22(19(18)34-24)30-13-26-17-20(27-23(25)28-21(17)30)29-10-6-9-15(11-29)14-7-4-3-5-8-14/h3-5,7-8,13,15-16,18-19,22,31H,6,9-12H2,1-2H3/t15?,16-,18?,19?,22-/m1/s1. The van der Waals surface area contributed by atoms with Gasteiger partial charge in [-0.05, 0) is 43.9 Å². The predicted molar refractivity (Wildman–Crippen MR) is 126 cm³/mol. The molecule has 0 bridgehead atoms. The van der Waals surface area contributed by atoms with Crippen LogP contribution >= 0.6 is 11.6 Å². The number of hydrogen-bond donors (Lipinski definition) is 1. The van der Waals surface area contributed by atoms with E-state index in [1.54, 1.807) is 6.33 Å². The number of rotatable bonds is 4. The molecule has 1 N–H and O–H groups in total. The van der Waals surface area contributed by atoms with Crippen LogP contribution in [0.5, 0.6) is 0 Å². The van der Waals surface area contributed by atoms with Crippen LogP contribution in [0.2, 0.25) is 5.28 Å². The molecule has 3 aliphatic rings. The molecule has 0 aliphatic carbocycles. The van der Waals surface area contributed by atoms with E-state index in [-0.39, 0.29) is 18.0 Å². The van der Waals surface area contributed by atoms with Gasteiger partial charge in [-0.3, -0.25) is 4.57 Å². The summed E-state index contributed by atoms with van der Waals surface area (Å²) in [4.78, 5) is 16.0. The molecule has 6 rings (SSSR count). The van der Waals surface area contributed by atoms with Crippen LogP contribution in [0.15, 0.2) is 36.7 Å². The van der Waals surface area contributed by atoms with E-state index in [1.165, 1.54) is 5.56 Å². The van der Waals surface area contributed by atoms with Gasteiger partial charge in [-0.1, -0.05) is 30.3 Å². The van der Waals surface area contributed by atoms with Crippen molar-refractivity contribution >= 4 is 28.6 Å². The molecule has 34 heavy (non-hydrogen) atoms. The lowest BCUT2D eigenvalue weighted by molar-refractivity contribution is -0.199. The molecule has 1 aromatic carbocycles. The minimum absolute atomic E-state index is 0.156. The highest BCUT2D eigenvalue weighted by Crippen LogP contribution is 2.44. The van der Waals surface area contributed by atoms with Crippen LogP contribution in [0.25, 0.3) is 11.2 Å². The third kappa shape index (κ3) is 3.76. The fourth-order valence-electron chi connectivity index (χ4n) is 5.48. The first-order valence-corrected chi connectivity index (χ1v) is 12.1. The highest BCUT2D eigenvalue weighted by molar-refractivity contribution is 6.28. The summed E-state index contributed by atoms with van der Waals surface area (Å²) in [7, 11) is 0. The second-order valence-electron chi connectivity index (χ2n) is 9.65. The zero-order valence-electron chi connectivity index (χ0n) is 19.2. The molecule has 5 atom stereocenters. The summed E-state index contributed by atoms with van der Waals surface area (Å²) in [6, 6.07) is 10.6. The summed E-state index contributed by atoms with van der Waals surface area (Å²) in [6.07, 6.45) is 2.04.